The van der Waals surface area contributed by atoms with Crippen LogP contribution in [0.15, 0.2) is 27.1 Å². The highest BCUT2D eigenvalue weighted by Gasteiger charge is 2.10. The Labute approximate surface area is 103 Å². The van der Waals surface area contributed by atoms with Crippen molar-refractivity contribution in [1.29, 1.82) is 0 Å². The number of hydrogen-bond acceptors (Lipinski definition) is 3. The van der Waals surface area contributed by atoms with Crippen molar-refractivity contribution in [3.05, 3.63) is 28.6 Å². The first-order chi connectivity index (χ1) is 7.69. The Morgan fingerprint density at radius 1 is 1.50 bits per heavy atom. The summed E-state index contributed by atoms with van der Waals surface area (Å²) in [6, 6.07) is 5.96. The van der Waals surface area contributed by atoms with Crippen LogP contribution in [0.25, 0.3) is 11.1 Å². The molecule has 0 spiro atoms. The van der Waals surface area contributed by atoms with Crippen LogP contribution < -0.4 is 5.73 Å². The zero-order chi connectivity index (χ0) is 11.5. The monoisotopic (exact) mass is 282 g/mol. The molecule has 1 atom stereocenters. The number of nitrogens with two attached hydrogens (primary N) is 1. The molecule has 1 heterocycles. The standard InChI is InChI=1S/C12H15BrN2O/c1-2-3-9(14)7-12-15-10-6-8(13)4-5-11(10)16-12/h4-6,9H,2-3,7,14H2,1H3. The lowest BCUT2D eigenvalue weighted by molar-refractivity contribution is 0.481. The summed E-state index contributed by atoms with van der Waals surface area (Å²) in [7, 11) is 0. The van der Waals surface area contributed by atoms with Crippen molar-refractivity contribution in [2.45, 2.75) is 32.2 Å². The second-order valence-electron chi connectivity index (χ2n) is 3.97. The van der Waals surface area contributed by atoms with E-state index in [0.29, 0.717) is 6.42 Å². The molecule has 3 nitrogen and oxygen atoms in total. The van der Waals surface area contributed by atoms with Gasteiger partial charge in [0.2, 0.25) is 0 Å². The molecule has 0 saturated heterocycles. The summed E-state index contributed by atoms with van der Waals surface area (Å²) >= 11 is 3.41. The summed E-state index contributed by atoms with van der Waals surface area (Å²) in [6.45, 7) is 2.13. The van der Waals surface area contributed by atoms with Gasteiger partial charge in [0.1, 0.15) is 5.52 Å². The maximum absolute atomic E-state index is 5.96. The molecule has 16 heavy (non-hydrogen) atoms. The molecule has 0 amide bonds. The van der Waals surface area contributed by atoms with Gasteiger partial charge in [0.25, 0.3) is 0 Å². The predicted octanol–water partition coefficient (Wildman–Crippen LogP) is 3.26. The van der Waals surface area contributed by atoms with Crippen molar-refractivity contribution < 1.29 is 4.42 Å². The van der Waals surface area contributed by atoms with E-state index < -0.39 is 0 Å². The molecule has 1 aromatic carbocycles. The topological polar surface area (TPSA) is 52.0 Å². The second-order valence-corrected chi connectivity index (χ2v) is 4.89. The summed E-state index contributed by atoms with van der Waals surface area (Å²) in [4.78, 5) is 4.42. The minimum Gasteiger partial charge on any atom is -0.441 e. The van der Waals surface area contributed by atoms with Gasteiger partial charge in [0.05, 0.1) is 0 Å². The molecule has 0 saturated carbocycles. The van der Waals surface area contributed by atoms with Crippen LogP contribution in [0.5, 0.6) is 0 Å². The summed E-state index contributed by atoms with van der Waals surface area (Å²) in [5.74, 6) is 0.731. The van der Waals surface area contributed by atoms with Crippen LogP contribution in [-0.2, 0) is 6.42 Å². The van der Waals surface area contributed by atoms with Crippen LogP contribution in [-0.4, -0.2) is 11.0 Å². The highest BCUT2D eigenvalue weighted by Crippen LogP contribution is 2.21. The van der Waals surface area contributed by atoms with E-state index in [-0.39, 0.29) is 6.04 Å². The highest BCUT2D eigenvalue weighted by atomic mass is 79.9. The fourth-order valence-electron chi connectivity index (χ4n) is 1.73. The van der Waals surface area contributed by atoms with Crippen LogP contribution in [0.1, 0.15) is 25.7 Å². The third-order valence-corrected chi connectivity index (χ3v) is 2.98. The van der Waals surface area contributed by atoms with Gasteiger partial charge in [-0.2, -0.15) is 0 Å². The first-order valence-electron chi connectivity index (χ1n) is 5.49. The average molecular weight is 283 g/mol. The van der Waals surface area contributed by atoms with Crippen molar-refractivity contribution in [1.82, 2.24) is 4.98 Å². The second kappa shape index (κ2) is 4.97. The van der Waals surface area contributed by atoms with Gasteiger partial charge in [-0.25, -0.2) is 4.98 Å². The van der Waals surface area contributed by atoms with E-state index in [0.717, 1.165) is 34.3 Å². The molecule has 2 N–H and O–H groups in total. The van der Waals surface area contributed by atoms with Crippen LogP contribution in [0.3, 0.4) is 0 Å². The largest absolute Gasteiger partial charge is 0.441 e. The van der Waals surface area contributed by atoms with Gasteiger partial charge in [0, 0.05) is 16.9 Å². The molecule has 0 bridgehead atoms. The maximum Gasteiger partial charge on any atom is 0.197 e. The van der Waals surface area contributed by atoms with E-state index in [1.807, 2.05) is 18.2 Å². The fourth-order valence-corrected chi connectivity index (χ4v) is 2.08. The summed E-state index contributed by atoms with van der Waals surface area (Å²) < 4.78 is 6.64. The summed E-state index contributed by atoms with van der Waals surface area (Å²) in [5, 5.41) is 0. The minimum absolute atomic E-state index is 0.140. The van der Waals surface area contributed by atoms with E-state index in [1.165, 1.54) is 0 Å². The van der Waals surface area contributed by atoms with E-state index in [9.17, 15) is 0 Å². The SMILES string of the molecule is CCCC(N)Cc1nc2cc(Br)ccc2o1. The quantitative estimate of drug-likeness (QED) is 0.937. The Kier molecular flexibility index (Phi) is 3.61. The number of oxazole rings is 1. The van der Waals surface area contributed by atoms with E-state index in [4.69, 9.17) is 10.2 Å². The molecule has 1 unspecified atom stereocenters. The third-order valence-electron chi connectivity index (χ3n) is 2.49. The number of benzene rings is 1. The fraction of sp³-hybridized carbons (Fsp3) is 0.417. The summed E-state index contributed by atoms with van der Waals surface area (Å²) in [6.07, 6.45) is 2.80. The lowest BCUT2D eigenvalue weighted by Crippen LogP contribution is -2.22. The first kappa shape index (κ1) is 11.6. The molecule has 1 aromatic heterocycles. The molecule has 2 aromatic rings. The van der Waals surface area contributed by atoms with Gasteiger partial charge in [0.15, 0.2) is 11.5 Å². The lowest BCUT2D eigenvalue weighted by atomic mass is 10.1. The Hall–Kier alpha value is -0.870. The molecule has 86 valence electrons. The van der Waals surface area contributed by atoms with Crippen molar-refractivity contribution in [2.75, 3.05) is 0 Å². The Morgan fingerprint density at radius 3 is 3.06 bits per heavy atom. The highest BCUT2D eigenvalue weighted by molar-refractivity contribution is 9.10. The Balaban J connectivity index is 2.19. The molecule has 0 aliphatic heterocycles. The molecule has 0 aliphatic rings. The van der Waals surface area contributed by atoms with Gasteiger partial charge >= 0.3 is 0 Å². The van der Waals surface area contributed by atoms with Crippen LogP contribution in [0, 0.1) is 0 Å². The maximum atomic E-state index is 5.96. The van der Waals surface area contributed by atoms with E-state index in [2.05, 4.69) is 27.8 Å². The number of halogens is 1. The molecule has 0 fully saturated rings. The third kappa shape index (κ3) is 2.62. The number of hydrogen-bond donors (Lipinski definition) is 1. The van der Waals surface area contributed by atoms with Gasteiger partial charge in [-0.15, -0.1) is 0 Å². The predicted molar refractivity (Wildman–Crippen MR) is 68.3 cm³/mol. The molecule has 0 radical (unpaired) electrons. The zero-order valence-electron chi connectivity index (χ0n) is 9.24. The average Bonchev–Trinajstić information content (AvgIpc) is 2.59. The van der Waals surface area contributed by atoms with E-state index in [1.54, 1.807) is 0 Å². The normalized spacial score (nSPS) is 13.2. The van der Waals surface area contributed by atoms with Gasteiger partial charge < -0.3 is 10.2 Å². The first-order valence-corrected chi connectivity index (χ1v) is 6.29. The number of fused-ring (bicyclic) bond motifs is 1. The van der Waals surface area contributed by atoms with Crippen molar-refractivity contribution in [2.24, 2.45) is 5.73 Å². The van der Waals surface area contributed by atoms with Crippen molar-refractivity contribution in [3.8, 4) is 0 Å². The smallest absolute Gasteiger partial charge is 0.197 e. The van der Waals surface area contributed by atoms with Crippen molar-refractivity contribution >= 4 is 27.0 Å². The van der Waals surface area contributed by atoms with Gasteiger partial charge in [-0.05, 0) is 24.6 Å². The summed E-state index contributed by atoms with van der Waals surface area (Å²) in [5.41, 5.74) is 7.66. The van der Waals surface area contributed by atoms with Crippen LogP contribution >= 0.6 is 15.9 Å². The van der Waals surface area contributed by atoms with Gasteiger partial charge in [-0.1, -0.05) is 29.3 Å². The number of aromatic nitrogens is 1. The Morgan fingerprint density at radius 2 is 2.31 bits per heavy atom. The molecular weight excluding hydrogens is 268 g/mol. The van der Waals surface area contributed by atoms with Crippen LogP contribution in [0.4, 0.5) is 0 Å². The molecule has 2 rings (SSSR count). The van der Waals surface area contributed by atoms with Gasteiger partial charge in [-0.3, -0.25) is 0 Å². The molecule has 4 heteroatoms. The zero-order valence-corrected chi connectivity index (χ0v) is 10.8. The lowest BCUT2D eigenvalue weighted by Gasteiger charge is -2.05. The van der Waals surface area contributed by atoms with E-state index >= 15 is 0 Å². The van der Waals surface area contributed by atoms with Crippen molar-refractivity contribution in [3.63, 3.8) is 0 Å². The molecule has 0 aliphatic carbocycles. The number of nitrogens with zero attached hydrogens (tertiary/aromatic N) is 1. The minimum atomic E-state index is 0.140. The number of rotatable bonds is 4. The van der Waals surface area contributed by atoms with Crippen LogP contribution in [0.2, 0.25) is 0 Å². The molecular formula is C12H15BrN2O. The Bertz CT molecular complexity index is 481.